The Morgan fingerprint density at radius 2 is 1.81 bits per heavy atom. The van der Waals surface area contributed by atoms with Crippen LogP contribution in [0, 0.1) is 10.1 Å². The zero-order chi connectivity index (χ0) is 12.0. The van der Waals surface area contributed by atoms with Gasteiger partial charge in [-0.25, -0.2) is 0 Å². The second-order valence-electron chi connectivity index (χ2n) is 3.94. The van der Waals surface area contributed by atoms with Crippen molar-refractivity contribution in [3.8, 4) is 0 Å². The molecule has 0 aliphatic heterocycles. The fraction of sp³-hybridized carbons (Fsp3) is 0.500. The largest absolute Gasteiger partial charge is 0.340 e. The van der Waals surface area contributed by atoms with Gasteiger partial charge in [0.1, 0.15) is 6.54 Å². The molecule has 0 aromatic heterocycles. The van der Waals surface area contributed by atoms with Gasteiger partial charge in [-0.15, -0.1) is 0 Å². The molecule has 1 aromatic carbocycles. The van der Waals surface area contributed by atoms with Crippen LogP contribution in [0.4, 0.5) is 5.69 Å². The molecular formula is C12H19N2O2+. The first-order chi connectivity index (χ1) is 7.67. The highest BCUT2D eigenvalue weighted by molar-refractivity contribution is 5.32. The molecule has 0 amide bonds. The molecule has 88 valence electrons. The number of nitrogens with two attached hydrogens (primary N) is 1. The van der Waals surface area contributed by atoms with Crippen LogP contribution in [0.15, 0.2) is 24.3 Å². The summed E-state index contributed by atoms with van der Waals surface area (Å²) in [6.45, 7) is 5.26. The van der Waals surface area contributed by atoms with Gasteiger partial charge in [-0.05, 0) is 25.0 Å². The van der Waals surface area contributed by atoms with Gasteiger partial charge in [-0.3, -0.25) is 10.1 Å². The number of benzene rings is 1. The molecule has 0 saturated carbocycles. The van der Waals surface area contributed by atoms with Crippen LogP contribution in [0.2, 0.25) is 0 Å². The van der Waals surface area contributed by atoms with Crippen LogP contribution in [0.3, 0.4) is 0 Å². The van der Waals surface area contributed by atoms with E-state index in [1.165, 1.54) is 0 Å². The predicted molar refractivity (Wildman–Crippen MR) is 63.1 cm³/mol. The first kappa shape index (κ1) is 12.6. The van der Waals surface area contributed by atoms with Gasteiger partial charge in [-0.1, -0.05) is 13.8 Å². The Bertz CT molecular complexity index is 331. The minimum atomic E-state index is -0.367. The molecule has 4 heteroatoms. The van der Waals surface area contributed by atoms with E-state index >= 15 is 0 Å². The summed E-state index contributed by atoms with van der Waals surface area (Å²) in [5.41, 5.74) is 1.30. The molecule has 0 atom stereocenters. The van der Waals surface area contributed by atoms with Gasteiger partial charge >= 0.3 is 0 Å². The molecule has 1 aromatic rings. The number of non-ortho nitro benzene ring substituents is 1. The van der Waals surface area contributed by atoms with E-state index in [9.17, 15) is 10.1 Å². The molecule has 4 nitrogen and oxygen atoms in total. The number of nitro benzene ring substituents is 1. The van der Waals surface area contributed by atoms with Crippen LogP contribution in [-0.2, 0) is 6.54 Å². The van der Waals surface area contributed by atoms with E-state index in [-0.39, 0.29) is 10.6 Å². The summed E-state index contributed by atoms with van der Waals surface area (Å²) in [5.74, 6) is 0. The van der Waals surface area contributed by atoms with Crippen molar-refractivity contribution in [2.75, 3.05) is 0 Å². The normalized spacial score (nSPS) is 10.7. The molecular weight excluding hydrogens is 204 g/mol. The van der Waals surface area contributed by atoms with Crippen LogP contribution in [0.5, 0.6) is 0 Å². The van der Waals surface area contributed by atoms with Gasteiger partial charge in [-0.2, -0.15) is 0 Å². The van der Waals surface area contributed by atoms with Gasteiger partial charge < -0.3 is 5.32 Å². The maximum absolute atomic E-state index is 10.5. The Morgan fingerprint density at radius 3 is 2.25 bits per heavy atom. The predicted octanol–water partition coefficient (Wildman–Crippen LogP) is 1.85. The summed E-state index contributed by atoms with van der Waals surface area (Å²) >= 11 is 0. The van der Waals surface area contributed by atoms with E-state index in [4.69, 9.17) is 0 Å². The number of rotatable bonds is 6. The Labute approximate surface area is 95.8 Å². The van der Waals surface area contributed by atoms with Crippen LogP contribution < -0.4 is 5.32 Å². The van der Waals surface area contributed by atoms with Crippen LogP contribution in [0.1, 0.15) is 32.3 Å². The van der Waals surface area contributed by atoms with Crippen molar-refractivity contribution in [1.82, 2.24) is 0 Å². The van der Waals surface area contributed by atoms with Crippen molar-refractivity contribution in [2.45, 2.75) is 39.3 Å². The van der Waals surface area contributed by atoms with E-state index in [2.05, 4.69) is 19.2 Å². The van der Waals surface area contributed by atoms with E-state index in [0.717, 1.165) is 24.9 Å². The average molecular weight is 223 g/mol. The third-order valence-corrected chi connectivity index (χ3v) is 2.88. The average Bonchev–Trinajstić information content (AvgIpc) is 2.31. The van der Waals surface area contributed by atoms with Crippen molar-refractivity contribution >= 4 is 5.69 Å². The fourth-order valence-corrected chi connectivity index (χ4v) is 1.68. The van der Waals surface area contributed by atoms with Gasteiger partial charge in [0.05, 0.1) is 11.0 Å². The Kier molecular flexibility index (Phi) is 4.92. The van der Waals surface area contributed by atoms with Crippen LogP contribution in [-0.4, -0.2) is 11.0 Å². The lowest BCUT2D eigenvalue weighted by Crippen LogP contribution is -2.88. The van der Waals surface area contributed by atoms with E-state index in [1.807, 2.05) is 12.1 Å². The lowest BCUT2D eigenvalue weighted by atomic mass is 10.1. The summed E-state index contributed by atoms with van der Waals surface area (Å²) < 4.78 is 0. The smallest absolute Gasteiger partial charge is 0.269 e. The standard InChI is InChI=1S/C12H18N2O2/c1-3-11(4-2)13-9-10-5-7-12(8-6-10)14(15)16/h5-8,11,13H,3-4,9H2,1-2H3/p+1. The van der Waals surface area contributed by atoms with Crippen LogP contribution in [0.25, 0.3) is 0 Å². The molecule has 0 bridgehead atoms. The Balaban J connectivity index is 2.52. The maximum Gasteiger partial charge on any atom is 0.269 e. The van der Waals surface area contributed by atoms with E-state index < -0.39 is 0 Å². The zero-order valence-corrected chi connectivity index (χ0v) is 9.85. The molecule has 1 rings (SSSR count). The first-order valence-electron chi connectivity index (χ1n) is 5.74. The lowest BCUT2D eigenvalue weighted by molar-refractivity contribution is -0.704. The fourth-order valence-electron chi connectivity index (χ4n) is 1.68. The van der Waals surface area contributed by atoms with Gasteiger partial charge in [0.2, 0.25) is 0 Å². The van der Waals surface area contributed by atoms with E-state index in [0.29, 0.717) is 6.04 Å². The van der Waals surface area contributed by atoms with Gasteiger partial charge in [0.25, 0.3) is 5.69 Å². The van der Waals surface area contributed by atoms with Crippen molar-refractivity contribution in [3.05, 3.63) is 39.9 Å². The molecule has 0 heterocycles. The SMILES string of the molecule is CCC(CC)[NH2+]Cc1ccc([N+](=O)[O-])cc1. The quantitative estimate of drug-likeness (QED) is 0.591. The minimum absolute atomic E-state index is 0.159. The maximum atomic E-state index is 10.5. The third-order valence-electron chi connectivity index (χ3n) is 2.88. The lowest BCUT2D eigenvalue weighted by Gasteiger charge is -2.10. The first-order valence-corrected chi connectivity index (χ1v) is 5.74. The monoisotopic (exact) mass is 223 g/mol. The minimum Gasteiger partial charge on any atom is -0.340 e. The summed E-state index contributed by atoms with van der Waals surface area (Å²) in [7, 11) is 0. The Hall–Kier alpha value is -1.42. The second-order valence-corrected chi connectivity index (χ2v) is 3.94. The number of hydrogen-bond acceptors (Lipinski definition) is 2. The summed E-state index contributed by atoms with van der Waals surface area (Å²) in [4.78, 5) is 10.1. The molecule has 0 spiro atoms. The molecule has 0 aliphatic rings. The number of nitro groups is 1. The summed E-state index contributed by atoms with van der Waals surface area (Å²) in [6.07, 6.45) is 2.31. The number of nitrogens with zero attached hydrogens (tertiary/aromatic N) is 1. The van der Waals surface area contributed by atoms with E-state index in [1.54, 1.807) is 12.1 Å². The number of quaternary nitrogens is 1. The summed E-state index contributed by atoms with van der Waals surface area (Å²) in [6, 6.07) is 7.44. The highest BCUT2D eigenvalue weighted by Crippen LogP contribution is 2.10. The summed E-state index contributed by atoms with van der Waals surface area (Å²) in [5, 5.41) is 12.8. The molecule has 0 saturated heterocycles. The van der Waals surface area contributed by atoms with Crippen molar-refractivity contribution in [1.29, 1.82) is 0 Å². The van der Waals surface area contributed by atoms with Crippen molar-refractivity contribution in [3.63, 3.8) is 0 Å². The molecule has 0 aliphatic carbocycles. The van der Waals surface area contributed by atoms with Crippen LogP contribution >= 0.6 is 0 Å². The third kappa shape index (κ3) is 3.62. The highest BCUT2D eigenvalue weighted by atomic mass is 16.6. The molecule has 2 N–H and O–H groups in total. The number of hydrogen-bond donors (Lipinski definition) is 1. The molecule has 16 heavy (non-hydrogen) atoms. The zero-order valence-electron chi connectivity index (χ0n) is 9.85. The highest BCUT2D eigenvalue weighted by Gasteiger charge is 2.08. The van der Waals surface area contributed by atoms with Gasteiger partial charge in [0.15, 0.2) is 0 Å². The molecule has 0 unspecified atom stereocenters. The van der Waals surface area contributed by atoms with Gasteiger partial charge in [0, 0.05) is 17.7 Å². The topological polar surface area (TPSA) is 59.8 Å². The molecule has 0 radical (unpaired) electrons. The molecule has 0 fully saturated rings. The Morgan fingerprint density at radius 1 is 1.25 bits per heavy atom. The van der Waals surface area contributed by atoms with Crippen molar-refractivity contribution in [2.24, 2.45) is 0 Å². The second kappa shape index (κ2) is 6.23. The van der Waals surface area contributed by atoms with Crippen molar-refractivity contribution < 1.29 is 10.2 Å².